The number of nitrogens with zero attached hydrogens (tertiary/aromatic N) is 1. The van der Waals surface area contributed by atoms with E-state index in [4.69, 9.17) is 27.9 Å². The van der Waals surface area contributed by atoms with Crippen LogP contribution in [0.4, 0.5) is 4.39 Å². The maximum atomic E-state index is 12.9. The van der Waals surface area contributed by atoms with Crippen molar-refractivity contribution >= 4 is 29.2 Å². The van der Waals surface area contributed by atoms with E-state index < -0.39 is 11.8 Å². The third-order valence-corrected chi connectivity index (χ3v) is 2.39. The molecule has 0 aliphatic carbocycles. The van der Waals surface area contributed by atoms with Crippen LogP contribution in [-0.2, 0) is 0 Å². The van der Waals surface area contributed by atoms with Crippen molar-refractivity contribution in [2.24, 2.45) is 0 Å². The maximum Gasteiger partial charge on any atom is 0.348 e. The number of halogens is 3. The quantitative estimate of drug-likeness (QED) is 0.623. The predicted octanol–water partition coefficient (Wildman–Crippen LogP) is 3.34. The number of hydrogen-bond acceptors (Lipinski definition) is 4. The average Bonchev–Trinajstić information content (AvgIpc) is 2.76. The van der Waals surface area contributed by atoms with Crippen molar-refractivity contribution in [2.45, 2.75) is 0 Å². The number of rotatable bonds is 2. The third kappa shape index (κ3) is 2.57. The van der Waals surface area contributed by atoms with Gasteiger partial charge in [-0.25, -0.2) is 9.18 Å². The van der Waals surface area contributed by atoms with Crippen LogP contribution >= 0.6 is 23.2 Å². The van der Waals surface area contributed by atoms with E-state index in [2.05, 4.69) is 9.68 Å². The van der Waals surface area contributed by atoms with Crippen molar-refractivity contribution in [3.8, 4) is 5.75 Å². The predicted molar refractivity (Wildman–Crippen MR) is 57.9 cm³/mol. The lowest BCUT2D eigenvalue weighted by Gasteiger charge is -2.06. The molecule has 7 heteroatoms. The van der Waals surface area contributed by atoms with Gasteiger partial charge in [0.25, 0.3) is 0 Å². The average molecular weight is 276 g/mol. The second kappa shape index (κ2) is 4.73. The Kier molecular flexibility index (Phi) is 3.31. The fourth-order valence-corrected chi connectivity index (χ4v) is 1.62. The first-order valence-electron chi connectivity index (χ1n) is 4.34. The molecule has 0 atom stereocenters. The molecule has 0 radical (unpaired) electrons. The zero-order chi connectivity index (χ0) is 12.4. The molecule has 0 saturated carbocycles. The minimum Gasteiger partial charge on any atom is -0.420 e. The Labute approximate surface area is 105 Å². The Morgan fingerprint density at radius 2 is 2.00 bits per heavy atom. The summed E-state index contributed by atoms with van der Waals surface area (Å²) in [5, 5.41) is 3.15. The molecule has 1 aromatic carbocycles. The molecule has 1 aromatic heterocycles. The van der Waals surface area contributed by atoms with E-state index in [0.717, 1.165) is 18.4 Å². The second-order valence-corrected chi connectivity index (χ2v) is 3.82. The highest BCUT2D eigenvalue weighted by atomic mass is 35.5. The van der Waals surface area contributed by atoms with E-state index in [1.807, 2.05) is 0 Å². The Morgan fingerprint density at radius 1 is 1.35 bits per heavy atom. The van der Waals surface area contributed by atoms with Gasteiger partial charge in [-0.15, -0.1) is 0 Å². The first kappa shape index (κ1) is 11.9. The Bertz CT molecular complexity index is 534. The fraction of sp³-hybridized carbons (Fsp3) is 0. The highest BCUT2D eigenvalue weighted by Gasteiger charge is 2.16. The summed E-state index contributed by atoms with van der Waals surface area (Å²) in [6, 6.07) is 1.98. The van der Waals surface area contributed by atoms with E-state index in [1.54, 1.807) is 0 Å². The first-order valence-corrected chi connectivity index (χ1v) is 5.09. The van der Waals surface area contributed by atoms with E-state index in [0.29, 0.717) is 0 Å². The largest absolute Gasteiger partial charge is 0.420 e. The molecule has 2 rings (SSSR count). The van der Waals surface area contributed by atoms with Crippen molar-refractivity contribution in [1.29, 1.82) is 0 Å². The van der Waals surface area contributed by atoms with Gasteiger partial charge in [-0.05, 0) is 12.1 Å². The summed E-state index contributed by atoms with van der Waals surface area (Å²) in [6.07, 6.45) is 2.28. The number of hydrogen-bond donors (Lipinski definition) is 0. The molecule has 0 saturated heterocycles. The van der Waals surface area contributed by atoms with Crippen molar-refractivity contribution in [1.82, 2.24) is 5.16 Å². The summed E-state index contributed by atoms with van der Waals surface area (Å²) in [6.45, 7) is 0. The zero-order valence-electron chi connectivity index (χ0n) is 8.12. The van der Waals surface area contributed by atoms with Crippen LogP contribution in [0.25, 0.3) is 0 Å². The Morgan fingerprint density at radius 3 is 2.53 bits per heavy atom. The lowest BCUT2D eigenvalue weighted by Crippen LogP contribution is -2.08. The molecule has 17 heavy (non-hydrogen) atoms. The summed E-state index contributed by atoms with van der Waals surface area (Å²) >= 11 is 11.4. The number of aromatic nitrogens is 1. The number of ether oxygens (including phenoxy) is 1. The van der Waals surface area contributed by atoms with Crippen LogP contribution in [0.5, 0.6) is 5.75 Å². The summed E-state index contributed by atoms with van der Waals surface area (Å²) in [5.41, 5.74) is 0.0986. The number of carbonyl (C=O) groups is 1. The normalized spacial score (nSPS) is 10.3. The standard InChI is InChI=1S/C10H4Cl2FNO3/c11-7-1-6(13)2-8(12)9(7)17-10(15)5-3-14-16-4-5/h1-4H. The molecule has 0 aliphatic rings. The molecule has 0 bridgehead atoms. The Balaban J connectivity index is 2.28. The molecule has 0 fully saturated rings. The van der Waals surface area contributed by atoms with Gasteiger partial charge in [-0.2, -0.15) is 0 Å². The number of carbonyl (C=O) groups excluding carboxylic acids is 1. The van der Waals surface area contributed by atoms with Gasteiger partial charge in [0.15, 0.2) is 5.75 Å². The van der Waals surface area contributed by atoms with E-state index in [1.165, 1.54) is 6.20 Å². The van der Waals surface area contributed by atoms with E-state index in [9.17, 15) is 9.18 Å². The van der Waals surface area contributed by atoms with Crippen LogP contribution < -0.4 is 4.74 Å². The SMILES string of the molecule is O=C(Oc1c(Cl)cc(F)cc1Cl)c1cnoc1. The summed E-state index contributed by atoms with van der Waals surface area (Å²) in [5.74, 6) is -1.48. The minimum atomic E-state index is -0.748. The molecule has 0 spiro atoms. The van der Waals surface area contributed by atoms with Crippen LogP contribution in [0.1, 0.15) is 10.4 Å². The molecule has 1 heterocycles. The lowest BCUT2D eigenvalue weighted by atomic mass is 10.3. The topological polar surface area (TPSA) is 52.3 Å². The lowest BCUT2D eigenvalue weighted by molar-refractivity contribution is 0.0734. The monoisotopic (exact) mass is 275 g/mol. The van der Waals surface area contributed by atoms with Gasteiger partial charge in [-0.3, -0.25) is 0 Å². The summed E-state index contributed by atoms with van der Waals surface area (Å²) < 4.78 is 22.3. The van der Waals surface area contributed by atoms with Crippen LogP contribution in [-0.4, -0.2) is 11.1 Å². The van der Waals surface area contributed by atoms with Crippen LogP contribution in [0, 0.1) is 5.82 Å². The molecule has 0 aliphatic heterocycles. The highest BCUT2D eigenvalue weighted by molar-refractivity contribution is 6.37. The molecular formula is C10H4Cl2FNO3. The molecule has 4 nitrogen and oxygen atoms in total. The van der Waals surface area contributed by atoms with Gasteiger partial charge in [0.05, 0.1) is 16.2 Å². The third-order valence-electron chi connectivity index (χ3n) is 1.83. The maximum absolute atomic E-state index is 12.9. The number of esters is 1. The van der Waals surface area contributed by atoms with Crippen LogP contribution in [0.15, 0.2) is 29.1 Å². The van der Waals surface area contributed by atoms with Gasteiger partial charge >= 0.3 is 5.97 Å². The van der Waals surface area contributed by atoms with E-state index in [-0.39, 0.29) is 21.4 Å². The second-order valence-electron chi connectivity index (χ2n) is 3.00. The fourth-order valence-electron chi connectivity index (χ4n) is 1.08. The van der Waals surface area contributed by atoms with Gasteiger partial charge in [0, 0.05) is 0 Å². The minimum absolute atomic E-state index is 0.0974. The number of benzene rings is 1. The smallest absolute Gasteiger partial charge is 0.348 e. The van der Waals surface area contributed by atoms with Gasteiger partial charge in [-0.1, -0.05) is 28.4 Å². The van der Waals surface area contributed by atoms with Crippen molar-refractivity contribution in [2.75, 3.05) is 0 Å². The van der Waals surface area contributed by atoms with Crippen molar-refractivity contribution in [3.63, 3.8) is 0 Å². The highest BCUT2D eigenvalue weighted by Crippen LogP contribution is 2.34. The van der Waals surface area contributed by atoms with Crippen LogP contribution in [0.2, 0.25) is 10.0 Å². The van der Waals surface area contributed by atoms with Gasteiger partial charge in [0.1, 0.15) is 17.6 Å². The first-order chi connectivity index (χ1) is 8.08. The summed E-state index contributed by atoms with van der Waals surface area (Å²) in [7, 11) is 0. The molecule has 0 amide bonds. The Hall–Kier alpha value is -1.59. The van der Waals surface area contributed by atoms with Crippen molar-refractivity contribution in [3.05, 3.63) is 46.0 Å². The molecular weight excluding hydrogens is 272 g/mol. The molecule has 2 aromatic rings. The van der Waals surface area contributed by atoms with E-state index >= 15 is 0 Å². The zero-order valence-corrected chi connectivity index (χ0v) is 9.63. The summed E-state index contributed by atoms with van der Waals surface area (Å²) in [4.78, 5) is 11.5. The molecule has 88 valence electrons. The molecule has 0 N–H and O–H groups in total. The van der Waals surface area contributed by atoms with Crippen molar-refractivity contribution < 1.29 is 18.4 Å². The van der Waals surface area contributed by atoms with Gasteiger partial charge < -0.3 is 9.26 Å². The van der Waals surface area contributed by atoms with Gasteiger partial charge in [0.2, 0.25) is 0 Å². The molecule has 0 unspecified atom stereocenters. The van der Waals surface area contributed by atoms with Crippen LogP contribution in [0.3, 0.4) is 0 Å².